The van der Waals surface area contributed by atoms with Crippen LogP contribution in [0.25, 0.3) is 5.32 Å². The number of rotatable bonds is 17. The van der Waals surface area contributed by atoms with Crippen LogP contribution in [-0.2, 0) is 11.2 Å². The number of nitrogens with zero attached hydrogens (tertiary/aromatic N) is 3. The van der Waals surface area contributed by atoms with Gasteiger partial charge in [-0.05, 0) is 54.7 Å². The van der Waals surface area contributed by atoms with Crippen LogP contribution in [-0.4, -0.2) is 45.6 Å². The molecule has 0 aliphatic carbocycles. The number of aliphatic carboxylic acids is 1. The highest BCUT2D eigenvalue weighted by molar-refractivity contribution is 5.83. The highest BCUT2D eigenvalue weighted by Gasteiger charge is 2.25. The Hall–Kier alpha value is -3.49. The molecule has 2 aromatic rings. The summed E-state index contributed by atoms with van der Waals surface area (Å²) in [5.41, 5.74) is 7.71. The average molecular weight is 523 g/mol. The molecule has 9 nitrogen and oxygen atoms in total. The van der Waals surface area contributed by atoms with Crippen LogP contribution >= 0.6 is 0 Å². The maximum absolute atomic E-state index is 11.8. The van der Waals surface area contributed by atoms with Gasteiger partial charge in [0.05, 0.1) is 6.04 Å². The van der Waals surface area contributed by atoms with Crippen molar-refractivity contribution in [2.75, 3.05) is 6.54 Å². The monoisotopic (exact) mass is 522 g/mol. The molecule has 0 spiro atoms. The fraction of sp³-hybridized carbons (Fsp3) is 0.552. The number of aliphatic imine (C=N–C) groups is 1. The van der Waals surface area contributed by atoms with Gasteiger partial charge in [0.25, 0.3) is 0 Å². The molecular weight excluding hydrogens is 480 g/mol. The first-order chi connectivity index (χ1) is 18.4. The number of guanidine groups is 1. The fourth-order valence-corrected chi connectivity index (χ4v) is 5.13. The molecule has 3 atom stereocenters. The normalized spacial score (nSPS) is 17.3. The summed E-state index contributed by atoms with van der Waals surface area (Å²) < 4.78 is 0. The Morgan fingerprint density at radius 3 is 2.71 bits per heavy atom. The van der Waals surface area contributed by atoms with Gasteiger partial charge in [0, 0.05) is 18.8 Å². The van der Waals surface area contributed by atoms with Crippen molar-refractivity contribution in [3.63, 3.8) is 0 Å². The fourth-order valence-electron chi connectivity index (χ4n) is 5.13. The summed E-state index contributed by atoms with van der Waals surface area (Å²) in [4.78, 5) is 23.1. The van der Waals surface area contributed by atoms with Crippen molar-refractivity contribution in [3.05, 3.63) is 59.2 Å². The molecule has 208 valence electrons. The number of hydrogen-bond acceptors (Lipinski definition) is 6. The highest BCUT2D eigenvalue weighted by atomic mass is 16.4. The van der Waals surface area contributed by atoms with Crippen LogP contribution < -0.4 is 16.2 Å². The molecule has 5 N–H and O–H groups in total. The lowest BCUT2D eigenvalue weighted by molar-refractivity contribution is -0.275. The zero-order valence-corrected chi connectivity index (χ0v) is 22.4. The predicted molar refractivity (Wildman–Crippen MR) is 149 cm³/mol. The van der Waals surface area contributed by atoms with Crippen molar-refractivity contribution in [3.8, 4) is 5.88 Å². The lowest BCUT2D eigenvalue weighted by atomic mass is 9.85. The summed E-state index contributed by atoms with van der Waals surface area (Å²) >= 11 is 0. The van der Waals surface area contributed by atoms with Crippen LogP contribution in [0.4, 0.5) is 5.82 Å². The number of unbranched alkanes of at least 4 members (excludes halogenated alkanes) is 5. The molecule has 2 aromatic heterocycles. The molecule has 0 radical (unpaired) electrons. The molecule has 9 heteroatoms. The van der Waals surface area contributed by atoms with Crippen LogP contribution in [0.2, 0.25) is 0 Å². The van der Waals surface area contributed by atoms with Gasteiger partial charge >= 0.3 is 5.97 Å². The van der Waals surface area contributed by atoms with Gasteiger partial charge in [0.2, 0.25) is 0 Å². The SMILES string of the molecule is CCCCCCCC[C@H](CC[C@@H]([N-]c1ccc[nH]1)/C(=C/C(=O)O)[C@@H]1CCN=C(N)N1)Cc1ccc([O-])nc1. The zero-order chi connectivity index (χ0) is 27.2. The van der Waals surface area contributed by atoms with Crippen LogP contribution in [0.15, 0.2) is 53.3 Å². The second-order valence-corrected chi connectivity index (χ2v) is 10.1. The van der Waals surface area contributed by atoms with E-state index in [0.717, 1.165) is 31.2 Å². The molecule has 0 saturated heterocycles. The number of carboxylic acid groups (broad SMARTS) is 1. The minimum atomic E-state index is -0.998. The maximum atomic E-state index is 11.8. The van der Waals surface area contributed by atoms with Crippen molar-refractivity contribution in [2.24, 2.45) is 16.6 Å². The molecule has 38 heavy (non-hydrogen) atoms. The molecule has 3 rings (SSSR count). The van der Waals surface area contributed by atoms with Crippen molar-refractivity contribution < 1.29 is 15.0 Å². The lowest BCUT2D eigenvalue weighted by Crippen LogP contribution is -2.46. The first kappa shape index (κ1) is 29.1. The topological polar surface area (TPSA) is 154 Å². The van der Waals surface area contributed by atoms with Crippen LogP contribution in [0.3, 0.4) is 0 Å². The Balaban J connectivity index is 1.75. The van der Waals surface area contributed by atoms with Gasteiger partial charge in [-0.15, -0.1) is 0 Å². The van der Waals surface area contributed by atoms with Crippen LogP contribution in [0, 0.1) is 5.92 Å². The van der Waals surface area contributed by atoms with Gasteiger partial charge in [-0.1, -0.05) is 88.1 Å². The third kappa shape index (κ3) is 10.1. The molecular formula is C29H42N6O3-2. The zero-order valence-electron chi connectivity index (χ0n) is 22.4. The minimum absolute atomic E-state index is 0.225. The molecule has 0 amide bonds. The maximum Gasteiger partial charge on any atom is 0.328 e. The standard InChI is InChI=1S/C29H43N6O3/c1-2-3-4-5-6-7-9-21(18-22-12-14-27(36)33-20-22)11-13-24(34-26-10-8-16-31-26)23(19-28(37)38)25-15-17-32-29(30)35-25/h8,10,12,14,16,19-21,24-25,31H,2-7,9,11,13,15,17-18H2,1H3,(H,33,36)(H,37,38)(H3,30,32,35)/q-1/p-1/b23-19-/t21-,24-,25+/m1/s1. The molecule has 1 aliphatic rings. The number of H-pyrrole nitrogens is 1. The summed E-state index contributed by atoms with van der Waals surface area (Å²) in [6.07, 6.45) is 16.3. The number of aromatic nitrogens is 2. The van der Waals surface area contributed by atoms with E-state index in [2.05, 4.69) is 27.2 Å². The van der Waals surface area contributed by atoms with Crippen molar-refractivity contribution in [1.29, 1.82) is 0 Å². The Bertz CT molecular complexity index is 1020. The number of aromatic amines is 1. The van der Waals surface area contributed by atoms with Gasteiger partial charge in [-0.2, -0.15) is 0 Å². The van der Waals surface area contributed by atoms with Gasteiger partial charge in [0.1, 0.15) is 0 Å². The summed E-state index contributed by atoms with van der Waals surface area (Å²) in [5, 5.41) is 29.3. The Labute approximate surface area is 226 Å². The second-order valence-electron chi connectivity index (χ2n) is 10.1. The lowest BCUT2D eigenvalue weighted by Gasteiger charge is -2.35. The first-order valence-electron chi connectivity index (χ1n) is 13.9. The van der Waals surface area contributed by atoms with E-state index in [0.29, 0.717) is 42.7 Å². The van der Waals surface area contributed by atoms with Crippen molar-refractivity contribution >= 4 is 17.7 Å². The predicted octanol–water partition coefficient (Wildman–Crippen LogP) is 4.93. The number of hydrogen-bond donors (Lipinski definition) is 4. The molecule has 1 aliphatic heterocycles. The van der Waals surface area contributed by atoms with E-state index in [1.54, 1.807) is 6.20 Å². The van der Waals surface area contributed by atoms with E-state index in [-0.39, 0.29) is 18.0 Å². The quantitative estimate of drug-likeness (QED) is 0.171. The average Bonchev–Trinajstić information content (AvgIpc) is 3.41. The summed E-state index contributed by atoms with van der Waals surface area (Å²) in [7, 11) is 0. The van der Waals surface area contributed by atoms with E-state index in [1.807, 2.05) is 24.4 Å². The highest BCUT2D eigenvalue weighted by Crippen LogP contribution is 2.32. The van der Waals surface area contributed by atoms with Crippen molar-refractivity contribution in [2.45, 2.75) is 89.6 Å². The molecule has 0 unspecified atom stereocenters. The van der Waals surface area contributed by atoms with Crippen LogP contribution in [0.5, 0.6) is 5.88 Å². The Morgan fingerprint density at radius 2 is 2.03 bits per heavy atom. The first-order valence-corrected chi connectivity index (χ1v) is 13.9. The molecule has 0 saturated carbocycles. The van der Waals surface area contributed by atoms with E-state index in [1.165, 1.54) is 44.2 Å². The van der Waals surface area contributed by atoms with Crippen LogP contribution in [0.1, 0.15) is 76.7 Å². The van der Waals surface area contributed by atoms with E-state index in [4.69, 9.17) is 11.1 Å². The van der Waals surface area contributed by atoms with E-state index >= 15 is 0 Å². The number of carboxylic acids is 1. The number of pyridine rings is 1. The largest absolute Gasteiger partial charge is 0.859 e. The summed E-state index contributed by atoms with van der Waals surface area (Å²) in [6, 6.07) is 6.59. The van der Waals surface area contributed by atoms with Crippen molar-refractivity contribution in [1.82, 2.24) is 15.3 Å². The van der Waals surface area contributed by atoms with Gasteiger partial charge in [0.15, 0.2) is 5.96 Å². The molecule has 0 bridgehead atoms. The minimum Gasteiger partial charge on any atom is -0.859 e. The third-order valence-electron chi connectivity index (χ3n) is 7.11. The molecule has 0 fully saturated rings. The number of nitrogens with two attached hydrogens (primary N) is 1. The van der Waals surface area contributed by atoms with E-state index < -0.39 is 5.97 Å². The molecule has 0 aromatic carbocycles. The van der Waals surface area contributed by atoms with E-state index in [9.17, 15) is 15.0 Å². The third-order valence-corrected chi connectivity index (χ3v) is 7.11. The molecule has 3 heterocycles. The smallest absolute Gasteiger partial charge is 0.328 e. The Kier molecular flexibility index (Phi) is 12.0. The summed E-state index contributed by atoms with van der Waals surface area (Å²) in [5.74, 6) is 0.191. The Morgan fingerprint density at radius 1 is 1.21 bits per heavy atom. The number of nitrogens with one attached hydrogen (secondary N) is 2. The van der Waals surface area contributed by atoms with Gasteiger partial charge < -0.3 is 31.6 Å². The summed E-state index contributed by atoms with van der Waals surface area (Å²) in [6.45, 7) is 2.77. The second kappa shape index (κ2) is 15.7. The van der Waals surface area contributed by atoms with Gasteiger partial charge in [-0.25, -0.2) is 4.79 Å². The number of carbonyl (C=O) groups is 1. The van der Waals surface area contributed by atoms with Gasteiger partial charge in [-0.3, -0.25) is 9.98 Å².